The minimum atomic E-state index is -0.222. The SMILES string of the molecule is Cc1ccc(C)c(N[C@@H]2c3ccccc3C(=O)N2c2ccccc2C)c1. The number of nitrogens with one attached hydrogen (secondary N) is 1. The fourth-order valence-corrected chi connectivity index (χ4v) is 3.58. The largest absolute Gasteiger partial charge is 0.361 e. The third kappa shape index (κ3) is 2.66. The van der Waals surface area contributed by atoms with Gasteiger partial charge in [-0.1, -0.05) is 48.5 Å². The number of amides is 1. The zero-order valence-corrected chi connectivity index (χ0v) is 15.3. The number of hydrogen-bond donors (Lipinski definition) is 1. The van der Waals surface area contributed by atoms with Crippen LogP contribution in [-0.4, -0.2) is 5.91 Å². The molecule has 1 heterocycles. The molecule has 1 aliphatic rings. The van der Waals surface area contributed by atoms with Gasteiger partial charge in [-0.15, -0.1) is 0 Å². The lowest BCUT2D eigenvalue weighted by Gasteiger charge is -2.29. The third-order valence-corrected chi connectivity index (χ3v) is 5.02. The van der Waals surface area contributed by atoms with Crippen LogP contribution in [-0.2, 0) is 0 Å². The van der Waals surface area contributed by atoms with Crippen LogP contribution in [0.25, 0.3) is 0 Å². The average molecular weight is 342 g/mol. The highest BCUT2D eigenvalue weighted by molar-refractivity contribution is 6.11. The summed E-state index contributed by atoms with van der Waals surface area (Å²) >= 11 is 0. The Morgan fingerprint density at radius 2 is 1.58 bits per heavy atom. The van der Waals surface area contributed by atoms with Crippen LogP contribution in [0.1, 0.15) is 38.8 Å². The Bertz CT molecular complexity index is 993. The Labute approximate surface area is 154 Å². The molecule has 3 aromatic carbocycles. The molecule has 1 N–H and O–H groups in total. The van der Waals surface area contributed by atoms with Gasteiger partial charge in [0.05, 0.1) is 0 Å². The number of rotatable bonds is 3. The Morgan fingerprint density at radius 1 is 0.846 bits per heavy atom. The minimum absolute atomic E-state index is 0.0395. The predicted octanol–water partition coefficient (Wildman–Crippen LogP) is 5.38. The summed E-state index contributed by atoms with van der Waals surface area (Å²) in [6, 6.07) is 22.2. The highest BCUT2D eigenvalue weighted by Gasteiger charge is 2.38. The first-order valence-electron chi connectivity index (χ1n) is 8.88. The maximum atomic E-state index is 13.2. The molecule has 0 spiro atoms. The summed E-state index contributed by atoms with van der Waals surface area (Å²) in [5.74, 6) is 0.0395. The van der Waals surface area contributed by atoms with Gasteiger partial charge in [0.1, 0.15) is 6.17 Å². The Morgan fingerprint density at radius 3 is 2.38 bits per heavy atom. The van der Waals surface area contributed by atoms with Gasteiger partial charge < -0.3 is 5.32 Å². The van der Waals surface area contributed by atoms with Gasteiger partial charge in [0.2, 0.25) is 0 Å². The van der Waals surface area contributed by atoms with Crippen LogP contribution in [0.15, 0.2) is 66.7 Å². The highest BCUT2D eigenvalue weighted by Crippen LogP contribution is 2.39. The van der Waals surface area contributed by atoms with Gasteiger partial charge in [0.15, 0.2) is 0 Å². The molecule has 1 atom stereocenters. The minimum Gasteiger partial charge on any atom is -0.361 e. The molecule has 130 valence electrons. The molecule has 1 amide bonds. The van der Waals surface area contributed by atoms with Crippen molar-refractivity contribution in [2.45, 2.75) is 26.9 Å². The normalized spacial score (nSPS) is 15.9. The number of carbonyl (C=O) groups is 1. The number of aryl methyl sites for hydroxylation is 3. The molecule has 0 aromatic heterocycles. The van der Waals surface area contributed by atoms with Crippen molar-refractivity contribution < 1.29 is 4.79 Å². The van der Waals surface area contributed by atoms with Gasteiger partial charge >= 0.3 is 0 Å². The van der Waals surface area contributed by atoms with Gasteiger partial charge in [-0.2, -0.15) is 0 Å². The predicted molar refractivity (Wildman–Crippen MR) is 107 cm³/mol. The number of anilines is 2. The summed E-state index contributed by atoms with van der Waals surface area (Å²) in [5.41, 5.74) is 7.21. The molecule has 0 radical (unpaired) electrons. The summed E-state index contributed by atoms with van der Waals surface area (Å²) in [5, 5.41) is 3.62. The van der Waals surface area contributed by atoms with Crippen LogP contribution in [0.5, 0.6) is 0 Å². The standard InChI is InChI=1S/C23H22N2O/c1-15-12-13-16(2)20(14-15)24-22-18-9-5-6-10-19(18)23(26)25(22)21-11-7-4-8-17(21)3/h4-14,22,24H,1-3H3/t22-/m0/s1. The number of carbonyl (C=O) groups excluding carboxylic acids is 1. The van der Waals surface area contributed by atoms with Crippen molar-refractivity contribution in [3.63, 3.8) is 0 Å². The van der Waals surface area contributed by atoms with E-state index < -0.39 is 0 Å². The van der Waals surface area contributed by atoms with Gasteiger partial charge in [-0.3, -0.25) is 9.69 Å². The van der Waals surface area contributed by atoms with Gasteiger partial charge in [0.25, 0.3) is 5.91 Å². The van der Waals surface area contributed by atoms with Crippen LogP contribution in [0.4, 0.5) is 11.4 Å². The van der Waals surface area contributed by atoms with Crippen molar-refractivity contribution in [3.05, 3.63) is 94.5 Å². The van der Waals surface area contributed by atoms with E-state index in [1.165, 1.54) is 5.56 Å². The van der Waals surface area contributed by atoms with Crippen LogP contribution in [0, 0.1) is 20.8 Å². The molecule has 0 saturated carbocycles. The Balaban J connectivity index is 1.84. The lowest BCUT2D eigenvalue weighted by molar-refractivity contribution is 0.0993. The van der Waals surface area contributed by atoms with E-state index in [2.05, 4.69) is 37.4 Å². The number of para-hydroxylation sites is 1. The Kier molecular flexibility index (Phi) is 4.00. The molecule has 0 aliphatic carbocycles. The van der Waals surface area contributed by atoms with Crippen molar-refractivity contribution in [2.24, 2.45) is 0 Å². The van der Waals surface area contributed by atoms with E-state index in [4.69, 9.17) is 0 Å². The maximum Gasteiger partial charge on any atom is 0.260 e. The van der Waals surface area contributed by atoms with Crippen LogP contribution < -0.4 is 10.2 Å². The summed E-state index contributed by atoms with van der Waals surface area (Å²) in [6.45, 7) is 6.21. The number of nitrogens with zero attached hydrogens (tertiary/aromatic N) is 1. The number of fused-ring (bicyclic) bond motifs is 1. The van der Waals surface area contributed by atoms with Crippen molar-refractivity contribution in [2.75, 3.05) is 10.2 Å². The van der Waals surface area contributed by atoms with Gasteiger partial charge in [-0.05, 0) is 55.7 Å². The van der Waals surface area contributed by atoms with E-state index in [1.807, 2.05) is 60.4 Å². The van der Waals surface area contributed by atoms with Crippen LogP contribution in [0.2, 0.25) is 0 Å². The smallest absolute Gasteiger partial charge is 0.260 e. The molecule has 0 unspecified atom stereocenters. The van der Waals surface area contributed by atoms with E-state index in [0.29, 0.717) is 0 Å². The fourth-order valence-electron chi connectivity index (χ4n) is 3.58. The van der Waals surface area contributed by atoms with Gasteiger partial charge in [-0.25, -0.2) is 0 Å². The molecule has 3 aromatic rings. The number of benzene rings is 3. The highest BCUT2D eigenvalue weighted by atomic mass is 16.2. The quantitative estimate of drug-likeness (QED) is 0.693. The summed E-state index contributed by atoms with van der Waals surface area (Å²) in [7, 11) is 0. The molecular weight excluding hydrogens is 320 g/mol. The topological polar surface area (TPSA) is 32.3 Å². The molecule has 0 saturated heterocycles. The third-order valence-electron chi connectivity index (χ3n) is 5.02. The summed E-state index contributed by atoms with van der Waals surface area (Å²) in [6.07, 6.45) is -0.222. The van der Waals surface area contributed by atoms with Crippen molar-refractivity contribution in [3.8, 4) is 0 Å². The first-order chi connectivity index (χ1) is 12.6. The fraction of sp³-hybridized carbons (Fsp3) is 0.174. The molecule has 0 fully saturated rings. The molecule has 3 nitrogen and oxygen atoms in total. The Hall–Kier alpha value is -3.07. The molecular formula is C23H22N2O. The van der Waals surface area contributed by atoms with E-state index in [-0.39, 0.29) is 12.1 Å². The molecule has 3 heteroatoms. The maximum absolute atomic E-state index is 13.2. The number of hydrogen-bond acceptors (Lipinski definition) is 2. The van der Waals surface area contributed by atoms with E-state index >= 15 is 0 Å². The second-order valence-corrected chi connectivity index (χ2v) is 6.91. The van der Waals surface area contributed by atoms with Crippen molar-refractivity contribution >= 4 is 17.3 Å². The lowest BCUT2D eigenvalue weighted by atomic mass is 10.1. The molecule has 1 aliphatic heterocycles. The van der Waals surface area contributed by atoms with Crippen LogP contribution >= 0.6 is 0 Å². The molecule has 0 bridgehead atoms. The van der Waals surface area contributed by atoms with E-state index in [1.54, 1.807) is 0 Å². The zero-order chi connectivity index (χ0) is 18.3. The first-order valence-corrected chi connectivity index (χ1v) is 8.88. The van der Waals surface area contributed by atoms with E-state index in [0.717, 1.165) is 33.6 Å². The van der Waals surface area contributed by atoms with E-state index in [9.17, 15) is 4.79 Å². The van der Waals surface area contributed by atoms with Crippen molar-refractivity contribution in [1.82, 2.24) is 0 Å². The summed E-state index contributed by atoms with van der Waals surface area (Å²) < 4.78 is 0. The van der Waals surface area contributed by atoms with Gasteiger partial charge in [0, 0.05) is 22.5 Å². The monoisotopic (exact) mass is 342 g/mol. The molecule has 26 heavy (non-hydrogen) atoms. The summed E-state index contributed by atoms with van der Waals surface area (Å²) in [4.78, 5) is 15.1. The molecule has 4 rings (SSSR count). The van der Waals surface area contributed by atoms with Crippen molar-refractivity contribution in [1.29, 1.82) is 0 Å². The zero-order valence-electron chi connectivity index (χ0n) is 15.3. The average Bonchev–Trinajstić information content (AvgIpc) is 2.91. The van der Waals surface area contributed by atoms with Crippen LogP contribution in [0.3, 0.4) is 0 Å². The lowest BCUT2D eigenvalue weighted by Crippen LogP contribution is -2.33. The first kappa shape index (κ1) is 16.4. The second-order valence-electron chi connectivity index (χ2n) is 6.91. The second kappa shape index (κ2) is 6.34.